The van der Waals surface area contributed by atoms with Crippen molar-refractivity contribution in [1.29, 1.82) is 0 Å². The SMILES string of the molecule is COCC1CCCC1C=Nc1ccccc1.[CH3-].[Cl][Pd+]. The number of benzene rings is 1. The molecular weight excluding hydrogens is 352 g/mol. The molecule has 1 aliphatic carbocycles. The average molecular weight is 374 g/mol. The van der Waals surface area contributed by atoms with E-state index in [1.165, 1.54) is 19.3 Å². The van der Waals surface area contributed by atoms with Crippen LogP contribution >= 0.6 is 9.53 Å². The van der Waals surface area contributed by atoms with E-state index in [1.54, 1.807) is 7.11 Å². The first kappa shape index (κ1) is 18.8. The summed E-state index contributed by atoms with van der Waals surface area (Å²) in [6, 6.07) is 10.1. The third kappa shape index (κ3) is 6.68. The van der Waals surface area contributed by atoms with Gasteiger partial charge in [0.05, 0.1) is 5.69 Å². The predicted octanol–water partition coefficient (Wildman–Crippen LogP) is 4.59. The van der Waals surface area contributed by atoms with Crippen LogP contribution in [0, 0.1) is 19.3 Å². The van der Waals surface area contributed by atoms with Crippen LogP contribution in [0.4, 0.5) is 5.69 Å². The van der Waals surface area contributed by atoms with E-state index in [0.29, 0.717) is 11.8 Å². The second-order valence-electron chi connectivity index (χ2n) is 4.42. The molecular formula is C15H22ClNOPd. The van der Waals surface area contributed by atoms with Crippen LogP contribution < -0.4 is 0 Å². The Hall–Kier alpha value is -0.198. The first-order valence-corrected chi connectivity index (χ1v) is 8.10. The van der Waals surface area contributed by atoms with Gasteiger partial charge in [0, 0.05) is 19.9 Å². The van der Waals surface area contributed by atoms with Crippen molar-refractivity contribution in [2.45, 2.75) is 19.3 Å². The van der Waals surface area contributed by atoms with Gasteiger partial charge in [-0.15, -0.1) is 0 Å². The van der Waals surface area contributed by atoms with Gasteiger partial charge in [-0.3, -0.25) is 4.99 Å². The Morgan fingerprint density at radius 3 is 2.63 bits per heavy atom. The average Bonchev–Trinajstić information content (AvgIpc) is 2.88. The minimum absolute atomic E-state index is 0. The van der Waals surface area contributed by atoms with Gasteiger partial charge >= 0.3 is 27.7 Å². The standard InChI is InChI=1S/C14H19NO.CH3.ClH.Pd/c1-16-11-13-7-5-6-12(13)10-15-14-8-3-2-4-9-14;;;/h2-4,8-10,12-13H,5-7,11H2,1H3;1H3;1H;/q;-1;;+2/p-1. The molecule has 0 aromatic heterocycles. The van der Waals surface area contributed by atoms with E-state index in [1.807, 2.05) is 30.3 Å². The van der Waals surface area contributed by atoms with Crippen molar-refractivity contribution in [3.05, 3.63) is 37.8 Å². The first-order chi connectivity index (χ1) is 8.90. The summed E-state index contributed by atoms with van der Waals surface area (Å²) in [5.41, 5.74) is 1.05. The number of rotatable bonds is 4. The second kappa shape index (κ2) is 11.6. The van der Waals surface area contributed by atoms with Crippen molar-refractivity contribution < 1.29 is 22.9 Å². The van der Waals surface area contributed by atoms with Gasteiger partial charge in [0.1, 0.15) is 0 Å². The molecule has 4 heteroatoms. The van der Waals surface area contributed by atoms with Gasteiger partial charge in [0.2, 0.25) is 0 Å². The van der Waals surface area contributed by atoms with Crippen LogP contribution in [0.15, 0.2) is 35.3 Å². The van der Waals surface area contributed by atoms with Crippen LogP contribution in [0.25, 0.3) is 0 Å². The van der Waals surface area contributed by atoms with Crippen LogP contribution in [0.2, 0.25) is 0 Å². The van der Waals surface area contributed by atoms with Gasteiger partial charge < -0.3 is 12.2 Å². The molecule has 1 aliphatic rings. The molecule has 0 radical (unpaired) electrons. The number of nitrogens with zero attached hydrogens (tertiary/aromatic N) is 1. The number of aliphatic imine (C=N–C) groups is 1. The zero-order valence-electron chi connectivity index (χ0n) is 11.5. The predicted molar refractivity (Wildman–Crippen MR) is 79.6 cm³/mol. The molecule has 19 heavy (non-hydrogen) atoms. The molecule has 2 nitrogen and oxygen atoms in total. The second-order valence-corrected chi connectivity index (χ2v) is 4.42. The Bertz CT molecular complexity index is 345. The van der Waals surface area contributed by atoms with Crippen LogP contribution in [0.1, 0.15) is 19.3 Å². The number of para-hydroxylation sites is 1. The maximum absolute atomic E-state index is 5.25. The topological polar surface area (TPSA) is 21.6 Å². The van der Waals surface area contributed by atoms with Crippen LogP contribution in [-0.2, 0) is 22.9 Å². The summed E-state index contributed by atoms with van der Waals surface area (Å²) in [4.78, 5) is 4.54. The van der Waals surface area contributed by atoms with Gasteiger partial charge in [-0.25, -0.2) is 0 Å². The van der Waals surface area contributed by atoms with E-state index in [2.05, 4.69) is 38.9 Å². The van der Waals surface area contributed by atoms with E-state index >= 15 is 0 Å². The van der Waals surface area contributed by atoms with Gasteiger partial charge in [0.15, 0.2) is 0 Å². The molecule has 110 valence electrons. The third-order valence-electron chi connectivity index (χ3n) is 3.27. The fourth-order valence-electron chi connectivity index (χ4n) is 2.38. The van der Waals surface area contributed by atoms with Crippen molar-refractivity contribution >= 4 is 21.4 Å². The van der Waals surface area contributed by atoms with Crippen LogP contribution in [0.3, 0.4) is 0 Å². The molecule has 1 saturated carbocycles. The molecule has 1 aromatic rings. The summed E-state index contributed by atoms with van der Waals surface area (Å²) in [6.07, 6.45) is 5.95. The molecule has 0 bridgehead atoms. The minimum atomic E-state index is 0. The van der Waals surface area contributed by atoms with Crippen molar-refractivity contribution in [1.82, 2.24) is 0 Å². The normalized spacial score (nSPS) is 21.7. The summed E-state index contributed by atoms with van der Waals surface area (Å²) >= 11 is 2.22. The van der Waals surface area contributed by atoms with E-state index < -0.39 is 0 Å². The summed E-state index contributed by atoms with van der Waals surface area (Å²) < 4.78 is 5.25. The third-order valence-corrected chi connectivity index (χ3v) is 3.27. The summed E-state index contributed by atoms with van der Waals surface area (Å²) in [6.45, 7) is 0.867. The number of hydrogen-bond acceptors (Lipinski definition) is 2. The number of ether oxygens (including phenoxy) is 1. The zero-order chi connectivity index (χ0) is 13.2. The summed E-state index contributed by atoms with van der Waals surface area (Å²) in [7, 11) is 6.27. The van der Waals surface area contributed by atoms with Crippen molar-refractivity contribution in [2.75, 3.05) is 13.7 Å². The molecule has 1 aromatic carbocycles. The van der Waals surface area contributed by atoms with Gasteiger partial charge in [-0.05, 0) is 36.8 Å². The molecule has 0 saturated heterocycles. The van der Waals surface area contributed by atoms with Crippen LogP contribution in [0.5, 0.6) is 0 Å². The van der Waals surface area contributed by atoms with Crippen molar-refractivity contribution in [2.24, 2.45) is 16.8 Å². The molecule has 0 N–H and O–H groups in total. The number of methoxy groups -OCH3 is 1. The summed E-state index contributed by atoms with van der Waals surface area (Å²) in [5.74, 6) is 1.26. The Kier molecular flexibility index (Phi) is 11.5. The number of halogens is 1. The van der Waals surface area contributed by atoms with Gasteiger partial charge in [-0.1, -0.05) is 24.6 Å². The monoisotopic (exact) mass is 373 g/mol. The molecule has 2 unspecified atom stereocenters. The molecule has 0 heterocycles. The van der Waals surface area contributed by atoms with Crippen molar-refractivity contribution in [3.8, 4) is 0 Å². The summed E-state index contributed by atoms with van der Waals surface area (Å²) in [5, 5.41) is 0. The van der Waals surface area contributed by atoms with Crippen LogP contribution in [-0.4, -0.2) is 19.9 Å². The van der Waals surface area contributed by atoms with E-state index in [9.17, 15) is 0 Å². The van der Waals surface area contributed by atoms with E-state index in [4.69, 9.17) is 4.74 Å². The molecule has 0 aliphatic heterocycles. The molecule has 1 fully saturated rings. The molecule has 2 rings (SSSR count). The van der Waals surface area contributed by atoms with Gasteiger partial charge in [0.25, 0.3) is 0 Å². The maximum atomic E-state index is 5.25. The fraction of sp³-hybridized carbons (Fsp3) is 0.467. The fourth-order valence-corrected chi connectivity index (χ4v) is 2.38. The first-order valence-electron chi connectivity index (χ1n) is 6.10. The Morgan fingerprint density at radius 1 is 1.32 bits per heavy atom. The van der Waals surface area contributed by atoms with Crippen molar-refractivity contribution in [3.63, 3.8) is 0 Å². The number of hydrogen-bond donors (Lipinski definition) is 0. The molecule has 2 atom stereocenters. The zero-order valence-corrected chi connectivity index (χ0v) is 13.8. The quantitative estimate of drug-likeness (QED) is 0.429. The molecule has 0 amide bonds. The van der Waals surface area contributed by atoms with E-state index in [0.717, 1.165) is 12.3 Å². The Labute approximate surface area is 132 Å². The van der Waals surface area contributed by atoms with Gasteiger partial charge in [-0.2, -0.15) is 0 Å². The molecule has 0 spiro atoms. The van der Waals surface area contributed by atoms with E-state index in [-0.39, 0.29) is 7.43 Å². The Balaban J connectivity index is 0.00000103. The Morgan fingerprint density at radius 2 is 2.00 bits per heavy atom.